The molecule has 154 valence electrons. The lowest BCUT2D eigenvalue weighted by Crippen LogP contribution is -2.24. The quantitative estimate of drug-likeness (QED) is 0.351. The molecule has 0 saturated heterocycles. The molecule has 3 aromatic heterocycles. The maximum atomic E-state index is 11.7. The fraction of sp³-hybridized carbons (Fsp3) is 0.0476. The fourth-order valence-electron chi connectivity index (χ4n) is 3.07. The second-order valence-electron chi connectivity index (χ2n) is 6.32. The number of halogens is 2. The Balaban J connectivity index is 1.94. The minimum Gasteiger partial charge on any atom is -0.344 e. The van der Waals surface area contributed by atoms with Crippen LogP contribution in [0.2, 0.25) is 10.0 Å². The van der Waals surface area contributed by atoms with Gasteiger partial charge in [0, 0.05) is 46.8 Å². The van der Waals surface area contributed by atoms with Crippen LogP contribution in [-0.2, 0) is 0 Å². The van der Waals surface area contributed by atoms with Crippen molar-refractivity contribution in [3.63, 3.8) is 0 Å². The maximum Gasteiger partial charge on any atom is 0.320 e. The minimum atomic E-state index is -0.388. The number of thiophene rings is 1. The standard InChI is InChI=1S/C21H14Cl2N6OS/c1-25-21(30)29-16-8-11(4-5-26-16)18-14(10-24)17(13-3-2-12(22)9-15(13)23)19(31-18)20-27-6-7-28-20/h2-9H,1H3,(H,27,28)(H2,25,26,29,30). The number of carbonyl (C=O) groups excluding carboxylic acids is 1. The molecule has 0 unspecified atom stereocenters. The van der Waals surface area contributed by atoms with Crippen LogP contribution in [0.25, 0.3) is 32.3 Å². The average Bonchev–Trinajstić information content (AvgIpc) is 3.41. The second kappa shape index (κ2) is 8.78. The van der Waals surface area contributed by atoms with Crippen LogP contribution in [0, 0.1) is 11.3 Å². The van der Waals surface area contributed by atoms with Crippen molar-refractivity contribution < 1.29 is 4.79 Å². The number of hydrogen-bond acceptors (Lipinski definition) is 5. The molecule has 0 spiro atoms. The number of carbonyl (C=O) groups is 1. The second-order valence-corrected chi connectivity index (χ2v) is 8.18. The first-order chi connectivity index (χ1) is 15.0. The lowest BCUT2D eigenvalue weighted by Gasteiger charge is -2.07. The molecule has 0 aliphatic carbocycles. The summed E-state index contributed by atoms with van der Waals surface area (Å²) in [6.07, 6.45) is 4.93. The van der Waals surface area contributed by atoms with Gasteiger partial charge in [0.15, 0.2) is 0 Å². The smallest absolute Gasteiger partial charge is 0.320 e. The molecule has 0 saturated carbocycles. The largest absolute Gasteiger partial charge is 0.344 e. The number of amides is 2. The van der Waals surface area contributed by atoms with Crippen LogP contribution in [0.15, 0.2) is 48.9 Å². The van der Waals surface area contributed by atoms with Crippen molar-refractivity contribution in [3.05, 3.63) is 64.5 Å². The van der Waals surface area contributed by atoms with Crippen molar-refractivity contribution >= 4 is 46.4 Å². The molecule has 3 N–H and O–H groups in total. The van der Waals surface area contributed by atoms with E-state index in [9.17, 15) is 10.1 Å². The highest BCUT2D eigenvalue weighted by molar-refractivity contribution is 7.19. The van der Waals surface area contributed by atoms with Crippen molar-refractivity contribution in [1.29, 1.82) is 5.26 Å². The van der Waals surface area contributed by atoms with Crippen molar-refractivity contribution in [2.45, 2.75) is 0 Å². The number of rotatable bonds is 4. The highest BCUT2D eigenvalue weighted by Gasteiger charge is 2.25. The number of hydrogen-bond donors (Lipinski definition) is 3. The summed E-state index contributed by atoms with van der Waals surface area (Å²) in [4.78, 5) is 24.8. The first-order valence-electron chi connectivity index (χ1n) is 8.99. The summed E-state index contributed by atoms with van der Waals surface area (Å²) >= 11 is 14.0. The SMILES string of the molecule is CNC(=O)Nc1cc(-c2sc(-c3ncc[nH]3)c(-c3ccc(Cl)cc3Cl)c2C#N)ccn1. The summed E-state index contributed by atoms with van der Waals surface area (Å²) in [5.74, 6) is 0.978. The van der Waals surface area contributed by atoms with Crippen LogP contribution in [0.1, 0.15) is 5.56 Å². The van der Waals surface area contributed by atoms with Crippen LogP contribution in [0.3, 0.4) is 0 Å². The fourth-order valence-corrected chi connectivity index (χ4v) is 4.79. The van der Waals surface area contributed by atoms with Gasteiger partial charge in [0.2, 0.25) is 0 Å². The van der Waals surface area contributed by atoms with Crippen LogP contribution in [0.5, 0.6) is 0 Å². The molecular formula is C21H14Cl2N6OS. The molecule has 0 aliphatic heterocycles. The first-order valence-corrected chi connectivity index (χ1v) is 10.6. The van der Waals surface area contributed by atoms with E-state index in [0.29, 0.717) is 43.3 Å². The van der Waals surface area contributed by atoms with Crippen LogP contribution in [0.4, 0.5) is 10.6 Å². The third kappa shape index (κ3) is 4.11. The van der Waals surface area contributed by atoms with E-state index in [0.717, 1.165) is 10.4 Å². The molecule has 4 aromatic rings. The van der Waals surface area contributed by atoms with Crippen LogP contribution >= 0.6 is 34.5 Å². The zero-order valence-corrected chi connectivity index (χ0v) is 18.4. The van der Waals surface area contributed by atoms with E-state index in [1.54, 1.807) is 48.9 Å². The van der Waals surface area contributed by atoms with Gasteiger partial charge in [-0.2, -0.15) is 5.26 Å². The summed E-state index contributed by atoms with van der Waals surface area (Å²) in [6.45, 7) is 0. The Hall–Kier alpha value is -3.38. The van der Waals surface area contributed by atoms with Crippen molar-refractivity contribution in [2.75, 3.05) is 12.4 Å². The number of nitrogens with zero attached hydrogens (tertiary/aromatic N) is 3. The summed E-state index contributed by atoms with van der Waals surface area (Å²) in [5, 5.41) is 16.1. The molecule has 1 aromatic carbocycles. The molecule has 2 amide bonds. The molecule has 0 aliphatic rings. The zero-order valence-electron chi connectivity index (χ0n) is 16.0. The molecule has 0 radical (unpaired) electrons. The van der Waals surface area contributed by atoms with Gasteiger partial charge in [-0.15, -0.1) is 11.3 Å². The number of aromatic amines is 1. The van der Waals surface area contributed by atoms with E-state index in [2.05, 4.69) is 31.7 Å². The monoisotopic (exact) mass is 468 g/mol. The van der Waals surface area contributed by atoms with Gasteiger partial charge < -0.3 is 10.3 Å². The number of imidazole rings is 1. The Bertz CT molecular complexity index is 1310. The number of anilines is 1. The number of aromatic nitrogens is 3. The number of pyridine rings is 1. The third-order valence-electron chi connectivity index (χ3n) is 4.42. The Labute approximate surface area is 191 Å². The Kier molecular flexibility index (Phi) is 5.91. The molecule has 7 nitrogen and oxygen atoms in total. The van der Waals surface area contributed by atoms with Crippen molar-refractivity contribution in [1.82, 2.24) is 20.3 Å². The summed E-state index contributed by atoms with van der Waals surface area (Å²) < 4.78 is 0. The molecular weight excluding hydrogens is 455 g/mol. The molecule has 0 atom stereocenters. The number of urea groups is 1. The zero-order chi connectivity index (χ0) is 22.0. The summed E-state index contributed by atoms with van der Waals surface area (Å²) in [5.41, 5.74) is 2.51. The highest BCUT2D eigenvalue weighted by Crippen LogP contribution is 2.48. The Morgan fingerprint density at radius 2 is 2.00 bits per heavy atom. The summed E-state index contributed by atoms with van der Waals surface area (Å²) in [7, 11) is 1.52. The van der Waals surface area contributed by atoms with Crippen molar-refractivity contribution in [3.8, 4) is 38.3 Å². The van der Waals surface area contributed by atoms with Gasteiger partial charge in [0.1, 0.15) is 17.7 Å². The van der Waals surface area contributed by atoms with E-state index >= 15 is 0 Å². The maximum absolute atomic E-state index is 11.7. The average molecular weight is 469 g/mol. The van der Waals surface area contributed by atoms with Crippen LogP contribution < -0.4 is 10.6 Å². The van der Waals surface area contributed by atoms with E-state index < -0.39 is 0 Å². The molecule has 0 fully saturated rings. The molecule has 3 heterocycles. The number of H-pyrrole nitrogens is 1. The summed E-state index contributed by atoms with van der Waals surface area (Å²) in [6, 6.07) is 10.6. The first kappa shape index (κ1) is 20.9. The van der Waals surface area contributed by atoms with E-state index in [1.807, 2.05) is 0 Å². The highest BCUT2D eigenvalue weighted by atomic mass is 35.5. The van der Waals surface area contributed by atoms with Gasteiger partial charge in [0.05, 0.1) is 15.3 Å². The minimum absolute atomic E-state index is 0.361. The Morgan fingerprint density at radius 3 is 2.68 bits per heavy atom. The molecule has 4 rings (SSSR count). The Morgan fingerprint density at radius 1 is 1.16 bits per heavy atom. The van der Waals surface area contributed by atoms with Gasteiger partial charge >= 0.3 is 6.03 Å². The predicted octanol–water partition coefficient (Wildman–Crippen LogP) is 5.80. The van der Waals surface area contributed by atoms with E-state index in [4.69, 9.17) is 23.2 Å². The van der Waals surface area contributed by atoms with Crippen molar-refractivity contribution in [2.24, 2.45) is 0 Å². The van der Waals surface area contributed by atoms with Crippen LogP contribution in [-0.4, -0.2) is 28.0 Å². The van der Waals surface area contributed by atoms with E-state index in [1.165, 1.54) is 18.4 Å². The molecule has 0 bridgehead atoms. The number of benzene rings is 1. The normalized spacial score (nSPS) is 10.5. The predicted molar refractivity (Wildman–Crippen MR) is 123 cm³/mol. The van der Waals surface area contributed by atoms with Gasteiger partial charge in [-0.25, -0.2) is 14.8 Å². The molecule has 31 heavy (non-hydrogen) atoms. The topological polar surface area (TPSA) is 106 Å². The lowest BCUT2D eigenvalue weighted by molar-refractivity contribution is 0.254. The van der Waals surface area contributed by atoms with Gasteiger partial charge in [-0.1, -0.05) is 29.3 Å². The van der Waals surface area contributed by atoms with Gasteiger partial charge in [-0.3, -0.25) is 5.32 Å². The number of nitriles is 1. The van der Waals surface area contributed by atoms with Gasteiger partial charge in [0.25, 0.3) is 0 Å². The lowest BCUT2D eigenvalue weighted by atomic mass is 9.98. The van der Waals surface area contributed by atoms with Gasteiger partial charge in [-0.05, 0) is 29.8 Å². The van der Waals surface area contributed by atoms with E-state index in [-0.39, 0.29) is 6.03 Å². The molecule has 10 heteroatoms. The number of nitrogens with one attached hydrogen (secondary N) is 3. The third-order valence-corrected chi connectivity index (χ3v) is 6.22.